The summed E-state index contributed by atoms with van der Waals surface area (Å²) in [6, 6.07) is 3.97. The molecule has 1 atom stereocenters. The summed E-state index contributed by atoms with van der Waals surface area (Å²) in [7, 11) is 0. The first-order valence-corrected chi connectivity index (χ1v) is 4.29. The molecule has 3 N–H and O–H groups in total. The summed E-state index contributed by atoms with van der Waals surface area (Å²) in [6.07, 6.45) is 0.696. The fraction of sp³-hybridized carbons (Fsp3) is 0.333. The largest absolute Gasteiger partial charge is 0.502 e. The van der Waals surface area contributed by atoms with Crippen molar-refractivity contribution in [3.05, 3.63) is 33.9 Å². The van der Waals surface area contributed by atoms with E-state index < -0.39 is 4.92 Å². The highest BCUT2D eigenvalue weighted by molar-refractivity contribution is 5.85. The lowest BCUT2D eigenvalue weighted by molar-refractivity contribution is -0.385. The highest BCUT2D eigenvalue weighted by Gasteiger charge is 2.15. The molecule has 0 fully saturated rings. The molecule has 0 aliphatic rings. The smallest absolute Gasteiger partial charge is 0.311 e. The molecule has 84 valence electrons. The number of phenolic OH excluding ortho intramolecular Hbond substituents is 1. The number of rotatable bonds is 3. The van der Waals surface area contributed by atoms with E-state index in [0.717, 1.165) is 0 Å². The van der Waals surface area contributed by atoms with Gasteiger partial charge in [0.2, 0.25) is 0 Å². The topological polar surface area (TPSA) is 89.4 Å². The first-order chi connectivity index (χ1) is 6.56. The highest BCUT2D eigenvalue weighted by Crippen LogP contribution is 2.28. The first-order valence-electron chi connectivity index (χ1n) is 4.29. The molecule has 0 aliphatic heterocycles. The van der Waals surface area contributed by atoms with Crippen LogP contribution in [0.3, 0.4) is 0 Å². The summed E-state index contributed by atoms with van der Waals surface area (Å²) in [6.45, 7) is 1.89. The fourth-order valence-corrected chi connectivity index (χ4v) is 1.15. The number of nitrogens with two attached hydrogens (primary N) is 1. The third kappa shape index (κ3) is 3.07. The van der Waals surface area contributed by atoms with Gasteiger partial charge in [-0.25, -0.2) is 0 Å². The van der Waals surface area contributed by atoms with Crippen molar-refractivity contribution in [3.63, 3.8) is 0 Å². The van der Waals surface area contributed by atoms with Crippen molar-refractivity contribution >= 4 is 18.1 Å². The minimum Gasteiger partial charge on any atom is -0.502 e. The first kappa shape index (κ1) is 13.7. The number of aromatic hydroxyl groups is 1. The molecule has 6 heteroatoms. The van der Waals surface area contributed by atoms with Crippen LogP contribution < -0.4 is 5.73 Å². The van der Waals surface area contributed by atoms with Crippen LogP contribution in [-0.4, -0.2) is 10.0 Å². The third-order valence-corrected chi connectivity index (χ3v) is 2.06. The van der Waals surface area contributed by atoms with E-state index in [1.54, 1.807) is 6.07 Å². The summed E-state index contributed by atoms with van der Waals surface area (Å²) >= 11 is 0. The third-order valence-electron chi connectivity index (χ3n) is 2.06. The summed E-state index contributed by atoms with van der Waals surface area (Å²) < 4.78 is 0. The number of nitro benzene ring substituents is 1. The quantitative estimate of drug-likeness (QED) is 0.617. The maximum Gasteiger partial charge on any atom is 0.311 e. The van der Waals surface area contributed by atoms with E-state index in [1.807, 2.05) is 6.92 Å². The van der Waals surface area contributed by atoms with Crippen molar-refractivity contribution in [1.29, 1.82) is 0 Å². The van der Waals surface area contributed by atoms with Crippen molar-refractivity contribution in [1.82, 2.24) is 0 Å². The number of nitro groups is 1. The number of benzene rings is 1. The molecule has 0 bridgehead atoms. The van der Waals surface area contributed by atoms with Gasteiger partial charge in [-0.1, -0.05) is 13.0 Å². The van der Waals surface area contributed by atoms with Crippen LogP contribution in [0.5, 0.6) is 5.75 Å². The van der Waals surface area contributed by atoms with Crippen LogP contribution in [-0.2, 0) is 0 Å². The Morgan fingerprint density at radius 1 is 1.60 bits per heavy atom. The van der Waals surface area contributed by atoms with Crippen LogP contribution >= 0.6 is 12.4 Å². The van der Waals surface area contributed by atoms with E-state index in [9.17, 15) is 15.2 Å². The molecule has 1 aromatic carbocycles. The Morgan fingerprint density at radius 2 is 2.20 bits per heavy atom. The van der Waals surface area contributed by atoms with Gasteiger partial charge in [-0.2, -0.15) is 0 Å². The summed E-state index contributed by atoms with van der Waals surface area (Å²) in [5.41, 5.74) is 6.07. The van der Waals surface area contributed by atoms with Gasteiger partial charge in [0.25, 0.3) is 0 Å². The second kappa shape index (κ2) is 5.53. The van der Waals surface area contributed by atoms with Gasteiger partial charge in [0.1, 0.15) is 0 Å². The minimum absolute atomic E-state index is 0. The van der Waals surface area contributed by atoms with E-state index in [1.165, 1.54) is 12.1 Å². The van der Waals surface area contributed by atoms with E-state index in [4.69, 9.17) is 5.73 Å². The Balaban J connectivity index is 0.00000196. The van der Waals surface area contributed by atoms with E-state index in [-0.39, 0.29) is 29.9 Å². The van der Waals surface area contributed by atoms with E-state index in [0.29, 0.717) is 12.0 Å². The molecule has 0 aromatic heterocycles. The fourth-order valence-electron chi connectivity index (χ4n) is 1.15. The molecule has 0 radical (unpaired) electrons. The highest BCUT2D eigenvalue weighted by atomic mass is 35.5. The second-order valence-corrected chi connectivity index (χ2v) is 3.02. The number of phenols is 1. The standard InChI is InChI=1S/C9H12N2O3.ClH/c1-2-7(10)6-3-4-9(12)8(5-6)11(13)14;/h3-5,7,12H,2,10H2,1H3;1H/t7-;/m1./s1. The van der Waals surface area contributed by atoms with Gasteiger partial charge >= 0.3 is 5.69 Å². The van der Waals surface area contributed by atoms with Crippen LogP contribution in [0.25, 0.3) is 0 Å². The van der Waals surface area contributed by atoms with Crippen LogP contribution in [0.1, 0.15) is 24.9 Å². The molecule has 15 heavy (non-hydrogen) atoms. The molecule has 0 unspecified atom stereocenters. The van der Waals surface area contributed by atoms with E-state index in [2.05, 4.69) is 0 Å². The summed E-state index contributed by atoms with van der Waals surface area (Å²) in [5.74, 6) is -0.331. The van der Waals surface area contributed by atoms with Gasteiger partial charge < -0.3 is 10.8 Å². The summed E-state index contributed by atoms with van der Waals surface area (Å²) in [4.78, 5) is 9.87. The zero-order valence-corrected chi connectivity index (χ0v) is 9.03. The molecule has 0 heterocycles. The van der Waals surface area contributed by atoms with Crippen molar-refractivity contribution < 1.29 is 10.0 Å². The van der Waals surface area contributed by atoms with Crippen LogP contribution in [0.15, 0.2) is 18.2 Å². The Bertz CT molecular complexity index is 357. The summed E-state index contributed by atoms with van der Waals surface area (Å²) in [5, 5.41) is 19.7. The number of hydrogen-bond acceptors (Lipinski definition) is 4. The zero-order valence-electron chi connectivity index (χ0n) is 8.21. The van der Waals surface area contributed by atoms with Crippen molar-refractivity contribution in [2.45, 2.75) is 19.4 Å². The Kier molecular flexibility index (Phi) is 5.04. The maximum atomic E-state index is 10.5. The van der Waals surface area contributed by atoms with Gasteiger partial charge in [0.15, 0.2) is 5.75 Å². The van der Waals surface area contributed by atoms with E-state index >= 15 is 0 Å². The molecule has 0 saturated heterocycles. The molecule has 1 aromatic rings. The molecule has 1 rings (SSSR count). The Morgan fingerprint density at radius 3 is 2.67 bits per heavy atom. The van der Waals surface area contributed by atoms with Gasteiger partial charge in [0.05, 0.1) is 4.92 Å². The lowest BCUT2D eigenvalue weighted by Crippen LogP contribution is -2.08. The Labute approximate surface area is 93.5 Å². The van der Waals surface area contributed by atoms with Crippen LogP contribution in [0.2, 0.25) is 0 Å². The van der Waals surface area contributed by atoms with Crippen molar-refractivity contribution in [3.8, 4) is 5.75 Å². The number of nitrogens with zero attached hydrogens (tertiary/aromatic N) is 1. The maximum absolute atomic E-state index is 10.5. The normalized spacial score (nSPS) is 11.6. The lowest BCUT2D eigenvalue weighted by Gasteiger charge is -2.08. The molecule has 5 nitrogen and oxygen atoms in total. The zero-order chi connectivity index (χ0) is 10.7. The van der Waals surface area contributed by atoms with Crippen LogP contribution in [0, 0.1) is 10.1 Å². The Hall–Kier alpha value is -1.33. The molecule has 0 spiro atoms. The molecule has 0 saturated carbocycles. The predicted molar refractivity (Wildman–Crippen MR) is 59.2 cm³/mol. The predicted octanol–water partition coefficient (Wildman–Crippen LogP) is 2.13. The van der Waals surface area contributed by atoms with Gasteiger partial charge in [-0.05, 0) is 18.1 Å². The minimum atomic E-state index is -0.624. The number of halogens is 1. The lowest BCUT2D eigenvalue weighted by atomic mass is 10.0. The second-order valence-electron chi connectivity index (χ2n) is 3.02. The van der Waals surface area contributed by atoms with Crippen molar-refractivity contribution in [2.75, 3.05) is 0 Å². The average Bonchev–Trinajstić information content (AvgIpc) is 2.17. The van der Waals surface area contributed by atoms with Gasteiger partial charge in [-0.3, -0.25) is 10.1 Å². The van der Waals surface area contributed by atoms with Crippen LogP contribution in [0.4, 0.5) is 5.69 Å². The monoisotopic (exact) mass is 232 g/mol. The number of hydrogen-bond donors (Lipinski definition) is 2. The average molecular weight is 233 g/mol. The van der Waals surface area contributed by atoms with Gasteiger partial charge in [-0.15, -0.1) is 12.4 Å². The molecule has 0 aliphatic carbocycles. The molecular formula is C9H13ClN2O3. The molecular weight excluding hydrogens is 220 g/mol. The van der Waals surface area contributed by atoms with Crippen molar-refractivity contribution in [2.24, 2.45) is 5.73 Å². The SMILES string of the molecule is CC[C@@H](N)c1ccc(O)c([N+](=O)[O-])c1.Cl. The molecule has 0 amide bonds. The van der Waals surface area contributed by atoms with Gasteiger partial charge in [0, 0.05) is 12.1 Å².